The molecule has 0 spiro atoms. The lowest BCUT2D eigenvalue weighted by atomic mass is 10.0. The van der Waals surface area contributed by atoms with Crippen molar-refractivity contribution in [3.05, 3.63) is 70.3 Å². The van der Waals surface area contributed by atoms with Crippen LogP contribution in [-0.4, -0.2) is 27.7 Å². The molecule has 1 N–H and O–H groups in total. The number of aryl methyl sites for hydroxylation is 1. The van der Waals surface area contributed by atoms with Crippen LogP contribution < -0.4 is 0 Å². The molecule has 4 nitrogen and oxygen atoms in total. The zero-order valence-electron chi connectivity index (χ0n) is 26.1. The van der Waals surface area contributed by atoms with Crippen molar-refractivity contribution >= 4 is 34.8 Å². The van der Waals surface area contributed by atoms with Gasteiger partial charge in [-0.3, -0.25) is 4.79 Å². The zero-order chi connectivity index (χ0) is 29.5. The SMILES string of the molecule is CC(C)(C)[Si](C)(C)OCc1cc(C=Cc2cccc(CCCCC(=O)O)c2)cc(CO[Si](C)(C)C(C)(C)C)c1. The molecule has 216 valence electrons. The number of aliphatic carboxylic acids is 1. The molecular weight excluding hydrogens is 517 g/mol. The number of unbranched alkanes of at least 4 members (excludes halogenated alkanes) is 1. The molecule has 2 rings (SSSR count). The van der Waals surface area contributed by atoms with Crippen molar-refractivity contribution in [1.82, 2.24) is 0 Å². The Labute approximate surface area is 240 Å². The van der Waals surface area contributed by atoms with Gasteiger partial charge in [-0.05, 0) is 95.5 Å². The van der Waals surface area contributed by atoms with Gasteiger partial charge in [0.05, 0.1) is 13.2 Å². The highest BCUT2D eigenvalue weighted by atomic mass is 28.4. The lowest BCUT2D eigenvalue weighted by molar-refractivity contribution is -0.137. The van der Waals surface area contributed by atoms with Gasteiger partial charge < -0.3 is 14.0 Å². The molecule has 2 aromatic carbocycles. The summed E-state index contributed by atoms with van der Waals surface area (Å²) in [4.78, 5) is 10.8. The molecule has 0 saturated heterocycles. The summed E-state index contributed by atoms with van der Waals surface area (Å²) in [5, 5.41) is 9.20. The number of carbonyl (C=O) groups is 1. The van der Waals surface area contributed by atoms with E-state index in [0.29, 0.717) is 19.6 Å². The summed E-state index contributed by atoms with van der Waals surface area (Å²) in [5.74, 6) is -0.724. The fourth-order valence-electron chi connectivity index (χ4n) is 3.66. The largest absolute Gasteiger partial charge is 0.481 e. The van der Waals surface area contributed by atoms with E-state index in [0.717, 1.165) is 24.0 Å². The zero-order valence-corrected chi connectivity index (χ0v) is 28.1. The Morgan fingerprint density at radius 1 is 0.744 bits per heavy atom. The van der Waals surface area contributed by atoms with Crippen LogP contribution in [0, 0.1) is 0 Å². The molecule has 0 aliphatic heterocycles. The fraction of sp³-hybridized carbons (Fsp3) is 0.545. The smallest absolute Gasteiger partial charge is 0.303 e. The Morgan fingerprint density at radius 3 is 1.72 bits per heavy atom. The van der Waals surface area contributed by atoms with Crippen LogP contribution in [0.3, 0.4) is 0 Å². The van der Waals surface area contributed by atoms with Crippen molar-refractivity contribution in [1.29, 1.82) is 0 Å². The predicted molar refractivity (Wildman–Crippen MR) is 171 cm³/mol. The Kier molecular flexibility index (Phi) is 11.6. The highest BCUT2D eigenvalue weighted by Crippen LogP contribution is 2.38. The van der Waals surface area contributed by atoms with E-state index in [4.69, 9.17) is 14.0 Å². The molecule has 0 heterocycles. The van der Waals surface area contributed by atoms with Gasteiger partial charge in [-0.1, -0.05) is 84.0 Å². The number of carboxylic acid groups (broad SMARTS) is 1. The molecule has 2 aromatic rings. The second-order valence-corrected chi connectivity index (χ2v) is 23.5. The maximum absolute atomic E-state index is 10.8. The van der Waals surface area contributed by atoms with Gasteiger partial charge in [-0.2, -0.15) is 0 Å². The minimum atomic E-state index is -1.87. The van der Waals surface area contributed by atoms with Crippen molar-refractivity contribution < 1.29 is 18.8 Å². The summed E-state index contributed by atoms with van der Waals surface area (Å²) < 4.78 is 13.2. The number of benzene rings is 2. The molecular formula is C33H52O4Si2. The fourth-order valence-corrected chi connectivity index (χ4v) is 5.59. The molecule has 0 radical (unpaired) electrons. The lowest BCUT2D eigenvalue weighted by Gasteiger charge is -2.36. The average Bonchev–Trinajstić information content (AvgIpc) is 2.82. The summed E-state index contributed by atoms with van der Waals surface area (Å²) in [6, 6.07) is 15.2. The van der Waals surface area contributed by atoms with Crippen molar-refractivity contribution in [2.45, 2.75) is 117 Å². The third-order valence-corrected chi connectivity index (χ3v) is 17.4. The number of hydrogen-bond acceptors (Lipinski definition) is 3. The Bertz CT molecular complexity index is 1070. The first-order valence-electron chi connectivity index (χ1n) is 14.3. The standard InChI is InChI=1S/C33H52O4Si2/c1-32(2,3)38(7,8)36-24-29-21-28(22-30(23-29)25-37-39(9,10)33(4,5)6)19-18-27-16-13-15-26(20-27)14-11-12-17-31(34)35/h13,15-16,18-23H,11-12,14,17,24-25H2,1-10H3,(H,34,35). The Morgan fingerprint density at radius 2 is 1.23 bits per heavy atom. The van der Waals surface area contributed by atoms with Crippen LogP contribution in [0.2, 0.25) is 36.3 Å². The molecule has 0 saturated carbocycles. The first-order valence-corrected chi connectivity index (χ1v) is 20.1. The van der Waals surface area contributed by atoms with Crippen LogP contribution in [0.15, 0.2) is 42.5 Å². The Balaban J connectivity index is 2.26. The summed E-state index contributed by atoms with van der Waals surface area (Å²) in [6.45, 7) is 24.1. The van der Waals surface area contributed by atoms with E-state index in [-0.39, 0.29) is 16.5 Å². The minimum Gasteiger partial charge on any atom is -0.481 e. The van der Waals surface area contributed by atoms with E-state index in [1.165, 1.54) is 16.7 Å². The number of hydrogen-bond donors (Lipinski definition) is 1. The maximum Gasteiger partial charge on any atom is 0.303 e. The molecule has 39 heavy (non-hydrogen) atoms. The van der Waals surface area contributed by atoms with E-state index in [1.54, 1.807) is 0 Å². The maximum atomic E-state index is 10.8. The van der Waals surface area contributed by atoms with Crippen LogP contribution in [0.4, 0.5) is 0 Å². The van der Waals surface area contributed by atoms with E-state index < -0.39 is 22.6 Å². The van der Waals surface area contributed by atoms with Crippen molar-refractivity contribution in [3.63, 3.8) is 0 Å². The van der Waals surface area contributed by atoms with Gasteiger partial charge >= 0.3 is 5.97 Å². The highest BCUT2D eigenvalue weighted by molar-refractivity contribution is 6.74. The van der Waals surface area contributed by atoms with Gasteiger partial charge in [0.1, 0.15) is 0 Å². The quantitative estimate of drug-likeness (QED) is 0.148. The van der Waals surface area contributed by atoms with Gasteiger partial charge in [0.25, 0.3) is 0 Å². The van der Waals surface area contributed by atoms with E-state index in [9.17, 15) is 4.79 Å². The normalized spacial score (nSPS) is 13.3. The molecule has 0 aliphatic rings. The van der Waals surface area contributed by atoms with Crippen LogP contribution in [0.5, 0.6) is 0 Å². The van der Waals surface area contributed by atoms with Crippen LogP contribution in [0.1, 0.15) is 88.6 Å². The van der Waals surface area contributed by atoms with Crippen LogP contribution in [0.25, 0.3) is 12.2 Å². The minimum absolute atomic E-state index is 0.164. The molecule has 0 aromatic heterocycles. The molecule has 0 amide bonds. The summed E-state index contributed by atoms with van der Waals surface area (Å²) >= 11 is 0. The van der Waals surface area contributed by atoms with Gasteiger partial charge in [0.15, 0.2) is 16.6 Å². The van der Waals surface area contributed by atoms with Gasteiger partial charge in [-0.25, -0.2) is 0 Å². The lowest BCUT2D eigenvalue weighted by Crippen LogP contribution is -2.40. The molecule has 6 heteroatoms. The third kappa shape index (κ3) is 10.8. The molecule has 0 unspecified atom stereocenters. The van der Waals surface area contributed by atoms with Crippen molar-refractivity contribution in [3.8, 4) is 0 Å². The summed E-state index contributed by atoms with van der Waals surface area (Å²) in [5.41, 5.74) is 5.90. The van der Waals surface area contributed by atoms with E-state index >= 15 is 0 Å². The molecule has 0 bridgehead atoms. The number of rotatable bonds is 13. The second-order valence-electron chi connectivity index (χ2n) is 13.9. The van der Waals surface area contributed by atoms with Crippen LogP contribution in [-0.2, 0) is 33.3 Å². The Hall–Kier alpha value is -2.00. The molecule has 0 fully saturated rings. The van der Waals surface area contributed by atoms with Crippen molar-refractivity contribution in [2.75, 3.05) is 0 Å². The monoisotopic (exact) mass is 568 g/mol. The summed E-state index contributed by atoms with van der Waals surface area (Å²) in [6.07, 6.45) is 7.05. The molecule has 0 atom stereocenters. The number of carboxylic acids is 1. The van der Waals surface area contributed by atoms with E-state index in [1.807, 2.05) is 0 Å². The van der Waals surface area contributed by atoms with Crippen LogP contribution >= 0.6 is 0 Å². The van der Waals surface area contributed by atoms with Gasteiger partial charge in [-0.15, -0.1) is 0 Å². The average molecular weight is 569 g/mol. The first kappa shape index (κ1) is 33.2. The third-order valence-electron chi connectivity index (χ3n) is 8.41. The van der Waals surface area contributed by atoms with Crippen molar-refractivity contribution in [2.24, 2.45) is 0 Å². The molecule has 0 aliphatic carbocycles. The highest BCUT2D eigenvalue weighted by Gasteiger charge is 2.38. The summed E-state index contributed by atoms with van der Waals surface area (Å²) in [7, 11) is -3.74. The van der Waals surface area contributed by atoms with Gasteiger partial charge in [0, 0.05) is 6.42 Å². The first-order chi connectivity index (χ1) is 17.9. The second kappa shape index (κ2) is 13.6. The van der Waals surface area contributed by atoms with Gasteiger partial charge in [0.2, 0.25) is 0 Å². The van der Waals surface area contributed by atoms with E-state index in [2.05, 4.69) is 122 Å². The topological polar surface area (TPSA) is 55.8 Å². The predicted octanol–water partition coefficient (Wildman–Crippen LogP) is 9.70.